The smallest absolute Gasteiger partial charge is 0.251 e. The number of carbonyl (C=O) groups is 1. The number of aromatic nitrogens is 3. The van der Waals surface area contributed by atoms with Crippen LogP contribution in [0.3, 0.4) is 0 Å². The standard InChI is InChI=1S/C13H12Cl2N4O/c14-6-8-5-11(20)19(7-8)13-16-12(17-18-13)9-3-1-2-4-10(9)15/h1-4,8H,5-7H2,(H,16,17,18). The lowest BCUT2D eigenvalue weighted by Crippen LogP contribution is -2.25. The molecular formula is C13H12Cl2N4O. The number of anilines is 1. The highest BCUT2D eigenvalue weighted by Crippen LogP contribution is 2.28. The van der Waals surface area contributed by atoms with Crippen molar-refractivity contribution in [2.75, 3.05) is 17.3 Å². The number of nitrogens with one attached hydrogen (secondary N) is 1. The van der Waals surface area contributed by atoms with Gasteiger partial charge in [-0.25, -0.2) is 0 Å². The fourth-order valence-electron chi connectivity index (χ4n) is 2.23. The summed E-state index contributed by atoms with van der Waals surface area (Å²) in [5.41, 5.74) is 0.758. The second kappa shape index (κ2) is 5.42. The van der Waals surface area contributed by atoms with Crippen molar-refractivity contribution in [1.29, 1.82) is 0 Å². The van der Waals surface area contributed by atoms with Gasteiger partial charge in [-0.3, -0.25) is 14.8 Å². The Balaban J connectivity index is 1.88. The molecule has 1 fully saturated rings. The van der Waals surface area contributed by atoms with Gasteiger partial charge in [-0.2, -0.15) is 4.98 Å². The van der Waals surface area contributed by atoms with E-state index in [4.69, 9.17) is 23.2 Å². The number of nitrogens with zero attached hydrogens (tertiary/aromatic N) is 3. The second-order valence-corrected chi connectivity index (χ2v) is 5.41. The Hall–Kier alpha value is -1.59. The van der Waals surface area contributed by atoms with Crippen molar-refractivity contribution < 1.29 is 4.79 Å². The Morgan fingerprint density at radius 2 is 2.20 bits per heavy atom. The van der Waals surface area contributed by atoms with Crippen molar-refractivity contribution in [2.45, 2.75) is 6.42 Å². The maximum absolute atomic E-state index is 11.9. The van der Waals surface area contributed by atoms with Crippen molar-refractivity contribution in [3.63, 3.8) is 0 Å². The summed E-state index contributed by atoms with van der Waals surface area (Å²) in [6.07, 6.45) is 0.444. The number of halogens is 2. The highest BCUT2D eigenvalue weighted by molar-refractivity contribution is 6.33. The van der Waals surface area contributed by atoms with Crippen LogP contribution in [0.1, 0.15) is 6.42 Å². The monoisotopic (exact) mass is 310 g/mol. The molecule has 5 nitrogen and oxygen atoms in total. The summed E-state index contributed by atoms with van der Waals surface area (Å²) in [5, 5.41) is 7.51. The van der Waals surface area contributed by atoms with Crippen LogP contribution < -0.4 is 4.90 Å². The molecule has 1 amide bonds. The minimum atomic E-state index is 0.000332. The molecule has 1 saturated heterocycles. The van der Waals surface area contributed by atoms with Gasteiger partial charge in [0.15, 0.2) is 5.82 Å². The highest BCUT2D eigenvalue weighted by Gasteiger charge is 2.32. The first kappa shape index (κ1) is 13.4. The van der Waals surface area contributed by atoms with Crippen LogP contribution in [-0.2, 0) is 4.79 Å². The molecule has 3 rings (SSSR count). The first-order valence-corrected chi connectivity index (χ1v) is 7.14. The Morgan fingerprint density at radius 1 is 1.40 bits per heavy atom. The summed E-state index contributed by atoms with van der Waals surface area (Å²) < 4.78 is 0. The number of carbonyl (C=O) groups excluding carboxylic acids is 1. The summed E-state index contributed by atoms with van der Waals surface area (Å²) in [7, 11) is 0. The molecule has 1 aromatic carbocycles. The first-order chi connectivity index (χ1) is 9.69. The fraction of sp³-hybridized carbons (Fsp3) is 0.308. The minimum absolute atomic E-state index is 0.000332. The molecule has 20 heavy (non-hydrogen) atoms. The number of aromatic amines is 1. The fourth-order valence-corrected chi connectivity index (χ4v) is 2.66. The summed E-state index contributed by atoms with van der Waals surface area (Å²) in [6, 6.07) is 7.34. The molecular weight excluding hydrogens is 299 g/mol. The van der Waals surface area contributed by atoms with Crippen molar-refractivity contribution >= 4 is 35.1 Å². The number of amides is 1. The van der Waals surface area contributed by atoms with Gasteiger partial charge in [0.05, 0.1) is 5.02 Å². The maximum Gasteiger partial charge on any atom is 0.251 e. The SMILES string of the molecule is O=C1CC(CCl)CN1c1n[nH]c(-c2ccccc2Cl)n1. The molecule has 1 aliphatic heterocycles. The molecule has 2 heterocycles. The van der Waals surface area contributed by atoms with E-state index < -0.39 is 0 Å². The molecule has 0 spiro atoms. The number of hydrogen-bond acceptors (Lipinski definition) is 3. The number of benzene rings is 1. The quantitative estimate of drug-likeness (QED) is 0.887. The average molecular weight is 311 g/mol. The van der Waals surface area contributed by atoms with Crippen molar-refractivity contribution in [3.8, 4) is 11.4 Å². The number of rotatable bonds is 3. The van der Waals surface area contributed by atoms with E-state index in [9.17, 15) is 4.79 Å². The van der Waals surface area contributed by atoms with Crippen molar-refractivity contribution in [2.24, 2.45) is 5.92 Å². The van der Waals surface area contributed by atoms with E-state index in [0.29, 0.717) is 35.6 Å². The third-order valence-corrected chi connectivity index (χ3v) is 4.03. The van der Waals surface area contributed by atoms with Gasteiger partial charge >= 0.3 is 0 Å². The van der Waals surface area contributed by atoms with E-state index in [1.54, 1.807) is 11.0 Å². The lowest BCUT2D eigenvalue weighted by atomic mass is 10.2. The summed E-state index contributed by atoms with van der Waals surface area (Å²) >= 11 is 11.9. The van der Waals surface area contributed by atoms with Crippen LogP contribution in [0.5, 0.6) is 0 Å². The number of hydrogen-bond donors (Lipinski definition) is 1. The summed E-state index contributed by atoms with van der Waals surface area (Å²) in [4.78, 5) is 17.8. The molecule has 1 aromatic heterocycles. The zero-order valence-electron chi connectivity index (χ0n) is 10.5. The van der Waals surface area contributed by atoms with Gasteiger partial charge in [0.25, 0.3) is 5.95 Å². The lowest BCUT2D eigenvalue weighted by Gasteiger charge is -2.10. The number of alkyl halides is 1. The van der Waals surface area contributed by atoms with E-state index in [-0.39, 0.29) is 11.8 Å². The third kappa shape index (κ3) is 2.39. The Labute approximate surface area is 125 Å². The largest absolute Gasteiger partial charge is 0.279 e. The van der Waals surface area contributed by atoms with Gasteiger partial charge in [0.1, 0.15) is 0 Å². The minimum Gasteiger partial charge on any atom is -0.279 e. The van der Waals surface area contributed by atoms with E-state index >= 15 is 0 Å². The van der Waals surface area contributed by atoms with Crippen LogP contribution in [-0.4, -0.2) is 33.5 Å². The number of H-pyrrole nitrogens is 1. The van der Waals surface area contributed by atoms with Gasteiger partial charge in [0.2, 0.25) is 5.91 Å². The topological polar surface area (TPSA) is 61.9 Å². The van der Waals surface area contributed by atoms with Crippen LogP contribution >= 0.6 is 23.2 Å². The molecule has 0 bridgehead atoms. The molecule has 0 aliphatic carbocycles. The van der Waals surface area contributed by atoms with Gasteiger partial charge in [-0.05, 0) is 18.1 Å². The van der Waals surface area contributed by atoms with E-state index in [1.165, 1.54) is 0 Å². The zero-order valence-corrected chi connectivity index (χ0v) is 12.0. The molecule has 2 aromatic rings. The van der Waals surface area contributed by atoms with Crippen LogP contribution in [0.15, 0.2) is 24.3 Å². The van der Waals surface area contributed by atoms with E-state index in [0.717, 1.165) is 5.56 Å². The highest BCUT2D eigenvalue weighted by atomic mass is 35.5. The molecule has 1 N–H and O–H groups in total. The zero-order chi connectivity index (χ0) is 14.1. The first-order valence-electron chi connectivity index (χ1n) is 6.22. The second-order valence-electron chi connectivity index (χ2n) is 4.69. The summed E-state index contributed by atoms with van der Waals surface area (Å²) in [6.45, 7) is 0.558. The molecule has 1 atom stereocenters. The van der Waals surface area contributed by atoms with Crippen LogP contribution in [0.25, 0.3) is 11.4 Å². The van der Waals surface area contributed by atoms with Crippen molar-refractivity contribution in [3.05, 3.63) is 29.3 Å². The van der Waals surface area contributed by atoms with Gasteiger partial charge in [0, 0.05) is 24.4 Å². The Bertz CT molecular complexity index is 643. The molecule has 0 saturated carbocycles. The normalized spacial score (nSPS) is 18.8. The summed E-state index contributed by atoms with van der Waals surface area (Å²) in [5.74, 6) is 1.54. The Morgan fingerprint density at radius 3 is 2.90 bits per heavy atom. The molecule has 1 aliphatic rings. The lowest BCUT2D eigenvalue weighted by molar-refractivity contribution is -0.117. The van der Waals surface area contributed by atoms with Crippen molar-refractivity contribution in [1.82, 2.24) is 15.2 Å². The Kier molecular flexibility index (Phi) is 3.63. The predicted molar refractivity (Wildman–Crippen MR) is 78.0 cm³/mol. The van der Waals surface area contributed by atoms with E-state index in [2.05, 4.69) is 15.2 Å². The molecule has 1 unspecified atom stereocenters. The molecule has 0 radical (unpaired) electrons. The molecule has 7 heteroatoms. The third-order valence-electron chi connectivity index (χ3n) is 3.27. The van der Waals surface area contributed by atoms with Gasteiger partial charge in [-0.15, -0.1) is 16.7 Å². The van der Waals surface area contributed by atoms with Crippen LogP contribution in [0.2, 0.25) is 5.02 Å². The van der Waals surface area contributed by atoms with Crippen LogP contribution in [0.4, 0.5) is 5.95 Å². The predicted octanol–water partition coefficient (Wildman–Crippen LogP) is 2.72. The van der Waals surface area contributed by atoms with Gasteiger partial charge in [-0.1, -0.05) is 23.7 Å². The maximum atomic E-state index is 11.9. The van der Waals surface area contributed by atoms with Crippen LogP contribution in [0, 0.1) is 5.92 Å². The molecule has 104 valence electrons. The van der Waals surface area contributed by atoms with Gasteiger partial charge < -0.3 is 0 Å². The average Bonchev–Trinajstić information content (AvgIpc) is 3.05. The van der Waals surface area contributed by atoms with E-state index in [1.807, 2.05) is 18.2 Å².